The van der Waals surface area contributed by atoms with Crippen LogP contribution in [-0.4, -0.2) is 73.4 Å². The average molecular weight is 266 g/mol. The second-order valence-corrected chi connectivity index (χ2v) is 4.02. The number of carboxylic acid groups (broad SMARTS) is 1. The number of ketones is 1. The Balaban J connectivity index is 4.79. The van der Waals surface area contributed by atoms with E-state index in [2.05, 4.69) is 0 Å². The summed E-state index contributed by atoms with van der Waals surface area (Å²) in [4.78, 5) is 22.1. The molecule has 0 fully saturated rings. The zero-order valence-corrected chi connectivity index (χ0v) is 9.80. The second kappa shape index (κ2) is 7.39. The molecule has 0 aliphatic carbocycles. The van der Waals surface area contributed by atoms with Gasteiger partial charge in [0.15, 0.2) is 5.78 Å². The van der Waals surface area contributed by atoms with Gasteiger partial charge in [-0.3, -0.25) is 9.59 Å². The fourth-order valence-corrected chi connectivity index (χ4v) is 1.32. The monoisotopic (exact) mass is 266 g/mol. The number of aliphatic hydroxyl groups is 5. The van der Waals surface area contributed by atoms with E-state index in [1.807, 2.05) is 0 Å². The molecule has 0 heterocycles. The van der Waals surface area contributed by atoms with E-state index in [4.69, 9.17) is 20.4 Å². The highest BCUT2D eigenvalue weighted by molar-refractivity contribution is 5.86. The Bertz CT molecular complexity index is 290. The molecule has 5 unspecified atom stereocenters. The Hall–Kier alpha value is -1.06. The average Bonchev–Trinajstić information content (AvgIpc) is 2.32. The first-order valence-electron chi connectivity index (χ1n) is 5.31. The van der Waals surface area contributed by atoms with Gasteiger partial charge in [0.1, 0.15) is 18.3 Å². The molecule has 5 atom stereocenters. The van der Waals surface area contributed by atoms with E-state index in [0.717, 1.165) is 6.92 Å². The van der Waals surface area contributed by atoms with E-state index >= 15 is 0 Å². The second-order valence-electron chi connectivity index (χ2n) is 4.02. The fraction of sp³-hybridized carbons (Fsp3) is 0.800. The van der Waals surface area contributed by atoms with Gasteiger partial charge in [0.25, 0.3) is 0 Å². The molecule has 0 aromatic rings. The van der Waals surface area contributed by atoms with Crippen LogP contribution < -0.4 is 0 Å². The van der Waals surface area contributed by atoms with Gasteiger partial charge in [0.2, 0.25) is 0 Å². The van der Waals surface area contributed by atoms with Crippen molar-refractivity contribution in [3.63, 3.8) is 0 Å². The molecule has 106 valence electrons. The fourth-order valence-electron chi connectivity index (χ4n) is 1.32. The highest BCUT2D eigenvalue weighted by Crippen LogP contribution is 2.16. The third-order valence-electron chi connectivity index (χ3n) is 2.55. The van der Waals surface area contributed by atoms with Gasteiger partial charge in [0.05, 0.1) is 18.6 Å². The largest absolute Gasteiger partial charge is 0.481 e. The van der Waals surface area contributed by atoms with Crippen LogP contribution in [0.3, 0.4) is 0 Å². The number of carboxylic acids is 1. The Morgan fingerprint density at radius 3 is 1.89 bits per heavy atom. The molecule has 0 saturated carbocycles. The first-order valence-corrected chi connectivity index (χ1v) is 5.31. The highest BCUT2D eigenvalue weighted by atomic mass is 16.4. The smallest absolute Gasteiger partial charge is 0.309 e. The van der Waals surface area contributed by atoms with Gasteiger partial charge in [-0.05, 0) is 6.92 Å². The van der Waals surface area contributed by atoms with E-state index in [9.17, 15) is 19.8 Å². The van der Waals surface area contributed by atoms with Gasteiger partial charge in [0, 0.05) is 6.42 Å². The van der Waals surface area contributed by atoms with Crippen molar-refractivity contribution in [2.24, 2.45) is 5.92 Å². The standard InChI is InChI=1S/C10H18O8/c1-4(12)6(13)2-5(10(17)18)8(15)9(16)7(14)3-11/h4-5,7-9,11-12,14-16H,2-3H2,1H3,(H,17,18). The zero-order valence-electron chi connectivity index (χ0n) is 9.80. The van der Waals surface area contributed by atoms with Gasteiger partial charge in [-0.1, -0.05) is 0 Å². The summed E-state index contributed by atoms with van der Waals surface area (Å²) in [7, 11) is 0. The maximum absolute atomic E-state index is 11.2. The molecule has 0 amide bonds. The lowest BCUT2D eigenvalue weighted by Gasteiger charge is -2.26. The first kappa shape index (κ1) is 16.9. The Morgan fingerprint density at radius 2 is 1.56 bits per heavy atom. The van der Waals surface area contributed by atoms with Gasteiger partial charge in [-0.15, -0.1) is 0 Å². The molecule has 18 heavy (non-hydrogen) atoms. The van der Waals surface area contributed by atoms with Gasteiger partial charge < -0.3 is 30.6 Å². The van der Waals surface area contributed by atoms with E-state index in [0.29, 0.717) is 0 Å². The third-order valence-corrected chi connectivity index (χ3v) is 2.55. The minimum absolute atomic E-state index is 0.691. The van der Waals surface area contributed by atoms with Crippen molar-refractivity contribution in [3.05, 3.63) is 0 Å². The van der Waals surface area contributed by atoms with E-state index in [-0.39, 0.29) is 0 Å². The summed E-state index contributed by atoms with van der Waals surface area (Å²) in [6.07, 6.45) is -7.64. The number of carbonyl (C=O) groups is 2. The molecule has 0 radical (unpaired) electrons. The van der Waals surface area contributed by atoms with Crippen molar-refractivity contribution in [3.8, 4) is 0 Å². The number of carbonyl (C=O) groups excluding carboxylic acids is 1. The number of Topliss-reactive ketones (excluding diaryl/α,β-unsaturated/α-hetero) is 1. The van der Waals surface area contributed by atoms with E-state index in [1.54, 1.807) is 0 Å². The summed E-state index contributed by atoms with van der Waals surface area (Å²) < 4.78 is 0. The van der Waals surface area contributed by atoms with Crippen LogP contribution in [0, 0.1) is 5.92 Å². The lowest BCUT2D eigenvalue weighted by Crippen LogP contribution is -2.46. The van der Waals surface area contributed by atoms with Gasteiger partial charge in [-0.2, -0.15) is 0 Å². The maximum atomic E-state index is 11.2. The Morgan fingerprint density at radius 1 is 1.06 bits per heavy atom. The summed E-state index contributed by atoms with van der Waals surface area (Å²) in [5, 5.41) is 54.3. The number of hydrogen-bond acceptors (Lipinski definition) is 7. The molecular weight excluding hydrogens is 248 g/mol. The number of aliphatic carboxylic acids is 1. The van der Waals surface area contributed by atoms with Gasteiger partial charge >= 0.3 is 5.97 Å². The van der Waals surface area contributed by atoms with Crippen molar-refractivity contribution in [2.75, 3.05) is 6.61 Å². The summed E-state index contributed by atoms with van der Waals surface area (Å²) >= 11 is 0. The summed E-state index contributed by atoms with van der Waals surface area (Å²) in [5.74, 6) is -4.05. The molecule has 0 bridgehead atoms. The highest BCUT2D eigenvalue weighted by Gasteiger charge is 2.37. The number of aliphatic hydroxyl groups excluding tert-OH is 5. The SMILES string of the molecule is CC(O)C(=O)CC(C(=O)O)C(O)C(O)C(O)CO. The predicted molar refractivity (Wildman–Crippen MR) is 57.5 cm³/mol. The molecule has 8 heteroatoms. The van der Waals surface area contributed by atoms with Crippen molar-refractivity contribution in [1.82, 2.24) is 0 Å². The molecule has 0 aromatic carbocycles. The molecule has 0 rings (SSSR count). The van der Waals surface area contributed by atoms with Crippen LogP contribution in [-0.2, 0) is 9.59 Å². The van der Waals surface area contributed by atoms with Crippen LogP contribution in [0.15, 0.2) is 0 Å². The molecular formula is C10H18O8. The Kier molecular flexibility index (Phi) is 6.96. The summed E-state index contributed by atoms with van der Waals surface area (Å²) in [6.45, 7) is 0.279. The van der Waals surface area contributed by atoms with Crippen molar-refractivity contribution >= 4 is 11.8 Å². The normalized spacial score (nSPS) is 19.7. The topological polar surface area (TPSA) is 156 Å². The molecule has 0 aliphatic rings. The summed E-state index contributed by atoms with van der Waals surface area (Å²) in [6, 6.07) is 0. The van der Waals surface area contributed by atoms with Crippen LogP contribution in [0.4, 0.5) is 0 Å². The van der Waals surface area contributed by atoms with Crippen LogP contribution >= 0.6 is 0 Å². The predicted octanol–water partition coefficient (Wildman–Crippen LogP) is -2.90. The van der Waals surface area contributed by atoms with Gasteiger partial charge in [-0.25, -0.2) is 0 Å². The van der Waals surface area contributed by atoms with Crippen LogP contribution in [0.25, 0.3) is 0 Å². The molecule has 8 nitrogen and oxygen atoms in total. The minimum atomic E-state index is -1.94. The first-order chi connectivity index (χ1) is 8.22. The summed E-state index contributed by atoms with van der Waals surface area (Å²) in [5.41, 5.74) is 0. The molecule has 0 saturated heterocycles. The third kappa shape index (κ3) is 4.67. The van der Waals surface area contributed by atoms with Crippen molar-refractivity contribution in [1.29, 1.82) is 0 Å². The van der Waals surface area contributed by atoms with Crippen molar-refractivity contribution in [2.45, 2.75) is 37.8 Å². The zero-order chi connectivity index (χ0) is 14.5. The number of rotatable bonds is 8. The molecule has 0 aliphatic heterocycles. The lowest BCUT2D eigenvalue weighted by molar-refractivity contribution is -0.157. The minimum Gasteiger partial charge on any atom is -0.481 e. The lowest BCUT2D eigenvalue weighted by atomic mass is 9.89. The van der Waals surface area contributed by atoms with Crippen LogP contribution in [0.5, 0.6) is 0 Å². The molecule has 6 N–H and O–H groups in total. The number of hydrogen-bond donors (Lipinski definition) is 6. The molecule has 0 spiro atoms. The maximum Gasteiger partial charge on any atom is 0.309 e. The van der Waals surface area contributed by atoms with E-state index in [1.165, 1.54) is 0 Å². The van der Waals surface area contributed by atoms with Crippen LogP contribution in [0.2, 0.25) is 0 Å². The van der Waals surface area contributed by atoms with E-state index < -0.39 is 55.1 Å². The quantitative estimate of drug-likeness (QED) is 0.273. The van der Waals surface area contributed by atoms with Crippen LogP contribution in [0.1, 0.15) is 13.3 Å². The Labute approximate surface area is 103 Å². The van der Waals surface area contributed by atoms with Crippen molar-refractivity contribution < 1.29 is 40.2 Å². The molecule has 0 aromatic heterocycles.